The van der Waals surface area contributed by atoms with Crippen molar-refractivity contribution < 1.29 is 14.7 Å². The molecule has 0 aliphatic rings. The highest BCUT2D eigenvalue weighted by Gasteiger charge is 2.18. The third kappa shape index (κ3) is 5.66. The number of aliphatic hydroxyl groups is 1. The van der Waals surface area contributed by atoms with Crippen LogP contribution >= 0.6 is 11.6 Å². The van der Waals surface area contributed by atoms with E-state index in [1.807, 2.05) is 0 Å². The molecule has 0 aliphatic carbocycles. The number of halogens is 1. The monoisotopic (exact) mass is 326 g/mol. The van der Waals surface area contributed by atoms with Crippen molar-refractivity contribution in [2.24, 2.45) is 0 Å². The fourth-order valence-electron chi connectivity index (χ4n) is 2.13. The molecule has 1 rings (SSSR count). The zero-order valence-corrected chi connectivity index (χ0v) is 13.8. The van der Waals surface area contributed by atoms with E-state index < -0.39 is 0 Å². The Morgan fingerprint density at radius 1 is 1.27 bits per heavy atom. The van der Waals surface area contributed by atoms with Crippen LogP contribution in [0.3, 0.4) is 0 Å². The Kier molecular flexibility index (Phi) is 7.91. The van der Waals surface area contributed by atoms with Crippen LogP contribution in [0.5, 0.6) is 0 Å². The predicted octanol–water partition coefficient (Wildman–Crippen LogP) is 2.92. The topological polar surface area (TPSA) is 69.6 Å². The third-order valence-electron chi connectivity index (χ3n) is 3.21. The van der Waals surface area contributed by atoms with Crippen LogP contribution in [0.15, 0.2) is 18.2 Å². The van der Waals surface area contributed by atoms with Crippen molar-refractivity contribution in [2.75, 3.05) is 25.0 Å². The molecule has 0 fully saturated rings. The zero-order valence-electron chi connectivity index (χ0n) is 13.1. The van der Waals surface area contributed by atoms with Crippen molar-refractivity contribution in [3.63, 3.8) is 0 Å². The van der Waals surface area contributed by atoms with Crippen LogP contribution in [-0.4, -0.2) is 41.5 Å². The lowest BCUT2D eigenvalue weighted by Crippen LogP contribution is -2.34. The molecule has 0 saturated heterocycles. The predicted molar refractivity (Wildman–Crippen MR) is 88.3 cm³/mol. The number of amides is 2. The summed E-state index contributed by atoms with van der Waals surface area (Å²) in [5, 5.41) is 12.1. The molecule has 0 saturated carbocycles. The smallest absolute Gasteiger partial charge is 0.255 e. The highest BCUT2D eigenvalue weighted by Crippen LogP contribution is 2.22. The number of hydrogen-bond donors (Lipinski definition) is 2. The standard InChI is InChI=1S/C16H23ClN2O3/c1-3-4-5-8-19(9-10-20)16(22)14-11-13(18-12(2)21)6-7-15(14)17/h6-7,11,20H,3-5,8-10H2,1-2H3,(H,18,21). The van der Waals surface area contributed by atoms with Crippen molar-refractivity contribution in [2.45, 2.75) is 33.1 Å². The number of benzene rings is 1. The van der Waals surface area contributed by atoms with Crippen LogP contribution < -0.4 is 5.32 Å². The van der Waals surface area contributed by atoms with Crippen LogP contribution in [0.4, 0.5) is 5.69 Å². The number of unbranched alkanes of at least 4 members (excludes halogenated alkanes) is 2. The average Bonchev–Trinajstić information content (AvgIpc) is 2.47. The van der Waals surface area contributed by atoms with Gasteiger partial charge in [-0.15, -0.1) is 0 Å². The van der Waals surface area contributed by atoms with Crippen molar-refractivity contribution >= 4 is 29.1 Å². The summed E-state index contributed by atoms with van der Waals surface area (Å²) in [5.41, 5.74) is 0.857. The van der Waals surface area contributed by atoms with Crippen LogP contribution in [0, 0.1) is 0 Å². The van der Waals surface area contributed by atoms with Crippen molar-refractivity contribution in [3.8, 4) is 0 Å². The van der Waals surface area contributed by atoms with Crippen molar-refractivity contribution in [1.29, 1.82) is 0 Å². The average molecular weight is 327 g/mol. The number of rotatable bonds is 8. The Balaban J connectivity index is 2.93. The molecule has 0 aromatic heterocycles. The van der Waals surface area contributed by atoms with E-state index in [1.165, 1.54) is 6.92 Å². The van der Waals surface area contributed by atoms with E-state index in [1.54, 1.807) is 23.1 Å². The normalized spacial score (nSPS) is 10.4. The zero-order chi connectivity index (χ0) is 16.5. The van der Waals surface area contributed by atoms with Gasteiger partial charge in [0, 0.05) is 25.7 Å². The van der Waals surface area contributed by atoms with Crippen LogP contribution in [0.25, 0.3) is 0 Å². The van der Waals surface area contributed by atoms with Gasteiger partial charge in [0.1, 0.15) is 0 Å². The number of nitrogens with one attached hydrogen (secondary N) is 1. The minimum Gasteiger partial charge on any atom is -0.395 e. The maximum atomic E-state index is 12.6. The van der Waals surface area contributed by atoms with E-state index in [0.717, 1.165) is 19.3 Å². The number of aliphatic hydroxyl groups excluding tert-OH is 1. The third-order valence-corrected chi connectivity index (χ3v) is 3.54. The largest absolute Gasteiger partial charge is 0.395 e. The van der Waals surface area contributed by atoms with E-state index in [2.05, 4.69) is 12.2 Å². The molecule has 0 heterocycles. The SMILES string of the molecule is CCCCCN(CCO)C(=O)c1cc(NC(C)=O)ccc1Cl. The molecule has 0 atom stereocenters. The van der Waals surface area contributed by atoms with E-state index in [0.29, 0.717) is 22.8 Å². The van der Waals surface area contributed by atoms with E-state index in [4.69, 9.17) is 16.7 Å². The second kappa shape index (κ2) is 9.43. The molecule has 122 valence electrons. The number of anilines is 1. The van der Waals surface area contributed by atoms with Gasteiger partial charge in [-0.3, -0.25) is 9.59 Å². The van der Waals surface area contributed by atoms with Gasteiger partial charge < -0.3 is 15.3 Å². The highest BCUT2D eigenvalue weighted by atomic mass is 35.5. The maximum absolute atomic E-state index is 12.6. The molecule has 2 N–H and O–H groups in total. The number of hydrogen-bond acceptors (Lipinski definition) is 3. The van der Waals surface area contributed by atoms with Crippen LogP contribution in [-0.2, 0) is 4.79 Å². The minimum atomic E-state index is -0.234. The first kappa shape index (κ1) is 18.5. The Labute approximate surface area is 136 Å². The van der Waals surface area contributed by atoms with Gasteiger partial charge in [-0.05, 0) is 24.6 Å². The van der Waals surface area contributed by atoms with Crippen molar-refractivity contribution in [1.82, 2.24) is 4.90 Å². The number of nitrogens with zero attached hydrogens (tertiary/aromatic N) is 1. The minimum absolute atomic E-state index is 0.0964. The lowest BCUT2D eigenvalue weighted by atomic mass is 10.1. The van der Waals surface area contributed by atoms with Gasteiger partial charge in [0.25, 0.3) is 5.91 Å². The summed E-state index contributed by atoms with van der Waals surface area (Å²) in [6, 6.07) is 4.80. The molecule has 6 heteroatoms. The first-order valence-electron chi connectivity index (χ1n) is 7.46. The summed E-state index contributed by atoms with van der Waals surface area (Å²) >= 11 is 6.11. The molecule has 1 aromatic carbocycles. The van der Waals surface area contributed by atoms with Gasteiger partial charge in [0.2, 0.25) is 5.91 Å². The summed E-state index contributed by atoms with van der Waals surface area (Å²) in [6.45, 7) is 4.24. The molecule has 0 unspecified atom stereocenters. The molecule has 5 nitrogen and oxygen atoms in total. The molecule has 1 aromatic rings. The second-order valence-corrected chi connectivity index (χ2v) is 5.51. The fraction of sp³-hybridized carbons (Fsp3) is 0.500. The molecule has 0 radical (unpaired) electrons. The quantitative estimate of drug-likeness (QED) is 0.722. The second-order valence-electron chi connectivity index (χ2n) is 5.10. The van der Waals surface area contributed by atoms with Gasteiger partial charge in [-0.1, -0.05) is 31.4 Å². The first-order chi connectivity index (χ1) is 10.5. The van der Waals surface area contributed by atoms with Crippen LogP contribution in [0.2, 0.25) is 5.02 Å². The molecule has 22 heavy (non-hydrogen) atoms. The van der Waals surface area contributed by atoms with Gasteiger partial charge in [0.05, 0.1) is 17.2 Å². The van der Waals surface area contributed by atoms with Crippen LogP contribution in [0.1, 0.15) is 43.5 Å². The maximum Gasteiger partial charge on any atom is 0.255 e. The van der Waals surface area contributed by atoms with Gasteiger partial charge in [-0.25, -0.2) is 0 Å². The number of carbonyl (C=O) groups excluding carboxylic acids is 2. The molecular weight excluding hydrogens is 304 g/mol. The Morgan fingerprint density at radius 3 is 2.59 bits per heavy atom. The molecule has 2 amide bonds. The fourth-order valence-corrected chi connectivity index (χ4v) is 2.33. The first-order valence-corrected chi connectivity index (χ1v) is 7.84. The highest BCUT2D eigenvalue weighted by molar-refractivity contribution is 6.34. The number of carbonyl (C=O) groups is 2. The Hall–Kier alpha value is -1.59. The van der Waals surface area contributed by atoms with E-state index in [9.17, 15) is 9.59 Å². The lowest BCUT2D eigenvalue weighted by Gasteiger charge is -2.22. The molecule has 0 spiro atoms. The lowest BCUT2D eigenvalue weighted by molar-refractivity contribution is -0.114. The van der Waals surface area contributed by atoms with E-state index >= 15 is 0 Å². The molecular formula is C16H23ClN2O3. The van der Waals surface area contributed by atoms with Gasteiger partial charge in [-0.2, -0.15) is 0 Å². The summed E-state index contributed by atoms with van der Waals surface area (Å²) < 4.78 is 0. The summed E-state index contributed by atoms with van der Waals surface area (Å²) in [6.07, 6.45) is 2.96. The molecule has 0 bridgehead atoms. The Morgan fingerprint density at radius 2 is 2.00 bits per heavy atom. The van der Waals surface area contributed by atoms with Gasteiger partial charge in [0.15, 0.2) is 0 Å². The van der Waals surface area contributed by atoms with Gasteiger partial charge >= 0.3 is 0 Å². The summed E-state index contributed by atoms with van der Waals surface area (Å²) in [7, 11) is 0. The van der Waals surface area contributed by atoms with E-state index in [-0.39, 0.29) is 25.0 Å². The Bertz CT molecular complexity index is 520. The van der Waals surface area contributed by atoms with Crippen molar-refractivity contribution in [3.05, 3.63) is 28.8 Å². The summed E-state index contributed by atoms with van der Waals surface area (Å²) in [4.78, 5) is 25.3. The molecule has 0 aliphatic heterocycles. The summed E-state index contributed by atoms with van der Waals surface area (Å²) in [5.74, 6) is -0.446.